The Hall–Kier alpha value is -7.42. The molecule has 0 saturated carbocycles. The van der Waals surface area contributed by atoms with Crippen LogP contribution in [0.1, 0.15) is 47.2 Å². The molecule has 284 valence electrons. The quantitative estimate of drug-likeness (QED) is 0.169. The summed E-state index contributed by atoms with van der Waals surface area (Å²) >= 11 is 0. The highest BCUT2D eigenvalue weighted by atomic mass is 15.1. The fourth-order valence-corrected chi connectivity index (χ4v) is 10.8. The van der Waals surface area contributed by atoms with Gasteiger partial charge in [0.25, 0.3) is 0 Å². The Kier molecular flexibility index (Phi) is 7.52. The first-order chi connectivity index (χ1) is 29.5. The van der Waals surface area contributed by atoms with Crippen LogP contribution in [-0.4, -0.2) is 4.57 Å². The van der Waals surface area contributed by atoms with E-state index < -0.39 is 5.41 Å². The Morgan fingerprint density at radius 1 is 0.350 bits per heavy atom. The molecule has 2 aliphatic rings. The number of benzene rings is 9. The van der Waals surface area contributed by atoms with E-state index in [1.807, 2.05) is 0 Å². The second kappa shape index (κ2) is 13.0. The number of hydrogen-bond donors (Lipinski definition) is 0. The fraction of sp³-hybridized carbons (Fsp3) is 0.0690. The highest BCUT2D eigenvalue weighted by Gasteiger charge is 2.52. The third-order valence-corrected chi connectivity index (χ3v) is 13.5. The van der Waals surface area contributed by atoms with Gasteiger partial charge in [0.05, 0.1) is 22.1 Å². The lowest BCUT2D eigenvalue weighted by atomic mass is 9.53. The molecule has 1 spiro atoms. The highest BCUT2D eigenvalue weighted by Crippen LogP contribution is 2.61. The van der Waals surface area contributed by atoms with Crippen molar-refractivity contribution in [1.82, 2.24) is 4.57 Å². The van der Waals surface area contributed by atoms with Crippen LogP contribution in [0.15, 0.2) is 218 Å². The Labute approximate surface area is 351 Å². The first-order valence-electron chi connectivity index (χ1n) is 21.0. The van der Waals surface area contributed by atoms with Gasteiger partial charge in [-0.05, 0) is 104 Å². The largest absolute Gasteiger partial charge is 0.310 e. The minimum Gasteiger partial charge on any atom is -0.310 e. The Morgan fingerprint density at radius 2 is 0.833 bits per heavy atom. The van der Waals surface area contributed by atoms with Gasteiger partial charge < -0.3 is 9.47 Å². The third-order valence-electron chi connectivity index (χ3n) is 13.5. The van der Waals surface area contributed by atoms with Gasteiger partial charge in [0, 0.05) is 33.2 Å². The molecule has 1 aliphatic heterocycles. The van der Waals surface area contributed by atoms with Crippen LogP contribution < -0.4 is 4.90 Å². The second-order valence-electron chi connectivity index (χ2n) is 16.9. The standard InChI is InChI=1S/C58H42N2/c1-57(2)48-22-10-11-23-49(48)58(51-24-12-14-27-55(51)60-54-26-13-9-20-46(54)47-21-15-25-52(58)56(47)60)50-37-36-45(38-53(50)57)59(43-32-28-41(29-33-43)39-16-5-3-6-17-39)44-34-30-42(31-35-44)40-18-7-4-8-19-40/h3-38H,1-2H3. The molecule has 0 amide bonds. The van der Waals surface area contributed by atoms with Crippen molar-refractivity contribution >= 4 is 38.9 Å². The molecule has 0 radical (unpaired) electrons. The highest BCUT2D eigenvalue weighted by molar-refractivity contribution is 6.12. The summed E-state index contributed by atoms with van der Waals surface area (Å²) in [6.45, 7) is 4.84. The van der Waals surface area contributed by atoms with Gasteiger partial charge in [-0.2, -0.15) is 0 Å². The normalized spacial score (nSPS) is 15.7. The summed E-state index contributed by atoms with van der Waals surface area (Å²) < 4.78 is 2.52. The van der Waals surface area contributed by atoms with Gasteiger partial charge in [0.2, 0.25) is 0 Å². The molecule has 1 aliphatic carbocycles. The molecule has 9 aromatic carbocycles. The summed E-state index contributed by atoms with van der Waals surface area (Å²) in [6, 6.07) is 81.0. The predicted molar refractivity (Wildman–Crippen MR) is 250 cm³/mol. The maximum atomic E-state index is 2.52. The van der Waals surface area contributed by atoms with Crippen LogP contribution in [0.3, 0.4) is 0 Å². The maximum absolute atomic E-state index is 2.52. The van der Waals surface area contributed by atoms with Gasteiger partial charge in [-0.25, -0.2) is 0 Å². The van der Waals surface area contributed by atoms with Crippen molar-refractivity contribution in [2.75, 3.05) is 4.90 Å². The van der Waals surface area contributed by atoms with E-state index in [-0.39, 0.29) is 5.41 Å². The van der Waals surface area contributed by atoms with Crippen molar-refractivity contribution in [2.24, 2.45) is 0 Å². The molecule has 2 nitrogen and oxygen atoms in total. The van der Waals surface area contributed by atoms with Gasteiger partial charge in [0.15, 0.2) is 0 Å². The minimum atomic E-state index is -0.542. The van der Waals surface area contributed by atoms with E-state index in [4.69, 9.17) is 0 Å². The Morgan fingerprint density at radius 3 is 1.50 bits per heavy atom. The topological polar surface area (TPSA) is 8.17 Å². The Bertz CT molecular complexity index is 3180. The van der Waals surface area contributed by atoms with E-state index in [0.717, 1.165) is 17.1 Å². The molecule has 0 saturated heterocycles. The molecule has 0 fully saturated rings. The smallest absolute Gasteiger partial charge is 0.0748 e. The van der Waals surface area contributed by atoms with Crippen LogP contribution in [0.2, 0.25) is 0 Å². The molecule has 1 unspecified atom stereocenters. The van der Waals surface area contributed by atoms with Gasteiger partial charge in [-0.15, -0.1) is 0 Å². The van der Waals surface area contributed by atoms with Crippen molar-refractivity contribution in [1.29, 1.82) is 0 Å². The summed E-state index contributed by atoms with van der Waals surface area (Å²) in [5, 5.41) is 2.58. The first kappa shape index (κ1) is 34.6. The number of fused-ring (bicyclic) bond motifs is 11. The average Bonchev–Trinajstić information content (AvgIpc) is 3.66. The van der Waals surface area contributed by atoms with Gasteiger partial charge in [0.1, 0.15) is 0 Å². The predicted octanol–water partition coefficient (Wildman–Crippen LogP) is 14.9. The van der Waals surface area contributed by atoms with Crippen molar-refractivity contribution in [3.63, 3.8) is 0 Å². The van der Waals surface area contributed by atoms with Crippen LogP contribution in [0.5, 0.6) is 0 Å². The second-order valence-corrected chi connectivity index (χ2v) is 16.9. The molecule has 1 atom stereocenters. The summed E-state index contributed by atoms with van der Waals surface area (Å²) in [5.41, 5.74) is 19.2. The van der Waals surface area contributed by atoms with Crippen molar-refractivity contribution in [3.05, 3.63) is 252 Å². The lowest BCUT2D eigenvalue weighted by Crippen LogP contribution is -2.44. The molecule has 2 heterocycles. The van der Waals surface area contributed by atoms with Crippen LogP contribution in [0, 0.1) is 0 Å². The molecule has 12 rings (SSSR count). The van der Waals surface area contributed by atoms with Crippen molar-refractivity contribution in [2.45, 2.75) is 24.7 Å². The number of nitrogens with zero attached hydrogens (tertiary/aromatic N) is 2. The molecule has 0 bridgehead atoms. The van der Waals surface area contributed by atoms with Gasteiger partial charge >= 0.3 is 0 Å². The number of aromatic nitrogens is 1. The van der Waals surface area contributed by atoms with Crippen molar-refractivity contribution < 1.29 is 0 Å². The maximum Gasteiger partial charge on any atom is 0.0748 e. The van der Waals surface area contributed by atoms with E-state index in [9.17, 15) is 0 Å². The number of hydrogen-bond acceptors (Lipinski definition) is 1. The zero-order valence-corrected chi connectivity index (χ0v) is 33.7. The summed E-state index contributed by atoms with van der Waals surface area (Å²) in [4.78, 5) is 2.43. The number of anilines is 3. The monoisotopic (exact) mass is 766 g/mol. The van der Waals surface area contributed by atoms with E-state index in [2.05, 4.69) is 242 Å². The molecule has 2 heteroatoms. The number of rotatable bonds is 5. The van der Waals surface area contributed by atoms with Gasteiger partial charge in [-0.1, -0.05) is 184 Å². The molecule has 0 N–H and O–H groups in total. The van der Waals surface area contributed by atoms with E-state index in [1.54, 1.807) is 0 Å². The van der Waals surface area contributed by atoms with E-state index in [1.165, 1.54) is 83.1 Å². The average molecular weight is 767 g/mol. The Balaban J connectivity index is 1.12. The first-order valence-corrected chi connectivity index (χ1v) is 21.0. The van der Waals surface area contributed by atoms with Crippen LogP contribution >= 0.6 is 0 Å². The van der Waals surface area contributed by atoms with Crippen LogP contribution in [0.25, 0.3) is 49.7 Å². The SMILES string of the molecule is CC1(C)c2ccccc2C2(c3ccccc3-n3c4ccccc4c4cccc2c43)c2ccc(N(c3ccc(-c4ccccc4)cc3)c3ccc(-c4ccccc4)cc3)cc21. The minimum absolute atomic E-state index is 0.291. The third kappa shape index (κ3) is 4.82. The van der Waals surface area contributed by atoms with Crippen LogP contribution in [0.4, 0.5) is 17.1 Å². The summed E-state index contributed by atoms with van der Waals surface area (Å²) in [5.74, 6) is 0. The zero-order chi connectivity index (χ0) is 40.0. The van der Waals surface area contributed by atoms with Gasteiger partial charge in [-0.3, -0.25) is 0 Å². The zero-order valence-electron chi connectivity index (χ0n) is 33.7. The molecule has 1 aromatic heterocycles. The fourth-order valence-electron chi connectivity index (χ4n) is 10.8. The lowest BCUT2D eigenvalue weighted by Gasteiger charge is -2.50. The number of para-hydroxylation sites is 3. The van der Waals surface area contributed by atoms with E-state index in [0.29, 0.717) is 0 Å². The molecular weight excluding hydrogens is 725 g/mol. The molecule has 10 aromatic rings. The van der Waals surface area contributed by atoms with E-state index >= 15 is 0 Å². The molecule has 60 heavy (non-hydrogen) atoms. The lowest BCUT2D eigenvalue weighted by molar-refractivity contribution is 0.556. The van der Waals surface area contributed by atoms with Crippen LogP contribution in [-0.2, 0) is 10.8 Å². The van der Waals surface area contributed by atoms with Crippen molar-refractivity contribution in [3.8, 4) is 27.9 Å². The summed E-state index contributed by atoms with van der Waals surface area (Å²) in [7, 11) is 0. The molecular formula is C58H42N2. The summed E-state index contributed by atoms with van der Waals surface area (Å²) in [6.07, 6.45) is 0.